The van der Waals surface area contributed by atoms with E-state index in [0.29, 0.717) is 16.6 Å². The van der Waals surface area contributed by atoms with E-state index in [4.69, 9.17) is 0 Å². The van der Waals surface area contributed by atoms with Crippen molar-refractivity contribution >= 4 is 28.2 Å². The van der Waals surface area contributed by atoms with Crippen LogP contribution in [0.1, 0.15) is 5.56 Å². The number of hydrogen-bond donors (Lipinski definition) is 3. The Balaban J connectivity index is 1.82. The molecule has 2 aromatic heterocycles. The predicted molar refractivity (Wildman–Crippen MR) is 90.6 cm³/mol. The number of phenols is 2. The van der Waals surface area contributed by atoms with Gasteiger partial charge in [0, 0.05) is 22.5 Å². The minimum Gasteiger partial charge on any atom is -0.508 e. The summed E-state index contributed by atoms with van der Waals surface area (Å²) in [5, 5.41) is 23.9. The third kappa shape index (κ3) is 2.19. The highest BCUT2D eigenvalue weighted by Gasteiger charge is 2.10. The summed E-state index contributed by atoms with van der Waals surface area (Å²) in [6.07, 6.45) is 2.66. The Bertz CT molecular complexity index is 1160. The number of nitrogens with one attached hydrogen (secondary N) is 1. The van der Waals surface area contributed by atoms with Crippen LogP contribution in [0.25, 0.3) is 21.9 Å². The van der Waals surface area contributed by atoms with Crippen LogP contribution in [0.15, 0.2) is 58.7 Å². The number of benzene rings is 2. The lowest BCUT2D eigenvalue weighted by Gasteiger charge is -2.00. The molecular formula is C17H12N4O3. The maximum Gasteiger partial charge on any atom is 0.298 e. The molecule has 7 nitrogen and oxygen atoms in total. The summed E-state index contributed by atoms with van der Waals surface area (Å²) >= 11 is 0. The molecule has 0 saturated carbocycles. The van der Waals surface area contributed by atoms with E-state index >= 15 is 0 Å². The second-order valence-electron chi connectivity index (χ2n) is 5.28. The van der Waals surface area contributed by atoms with E-state index in [9.17, 15) is 15.0 Å². The van der Waals surface area contributed by atoms with E-state index in [1.54, 1.807) is 0 Å². The first-order valence-electron chi connectivity index (χ1n) is 7.18. The van der Waals surface area contributed by atoms with Gasteiger partial charge in [-0.05, 0) is 18.2 Å². The molecular weight excluding hydrogens is 308 g/mol. The summed E-state index contributed by atoms with van der Waals surface area (Å²) in [6.45, 7) is 0. The van der Waals surface area contributed by atoms with Crippen LogP contribution in [0, 0.1) is 0 Å². The van der Waals surface area contributed by atoms with E-state index < -0.39 is 0 Å². The summed E-state index contributed by atoms with van der Waals surface area (Å²) in [4.78, 5) is 19.9. The molecule has 0 bridgehead atoms. The number of fused-ring (bicyclic) bond motifs is 3. The Labute approximate surface area is 135 Å². The lowest BCUT2D eigenvalue weighted by Crippen LogP contribution is -2.17. The largest absolute Gasteiger partial charge is 0.508 e. The quantitative estimate of drug-likeness (QED) is 0.492. The maximum atomic E-state index is 12.5. The zero-order valence-corrected chi connectivity index (χ0v) is 12.3. The zero-order chi connectivity index (χ0) is 16.7. The highest BCUT2D eigenvalue weighted by atomic mass is 16.3. The van der Waals surface area contributed by atoms with Crippen molar-refractivity contribution in [2.75, 3.05) is 0 Å². The van der Waals surface area contributed by atoms with Gasteiger partial charge >= 0.3 is 0 Å². The van der Waals surface area contributed by atoms with Crippen molar-refractivity contribution in [3.8, 4) is 11.5 Å². The van der Waals surface area contributed by atoms with Gasteiger partial charge in [0.25, 0.3) is 5.56 Å². The molecule has 0 radical (unpaired) electrons. The Hall–Kier alpha value is -3.61. The fourth-order valence-corrected chi connectivity index (χ4v) is 2.54. The van der Waals surface area contributed by atoms with E-state index in [1.165, 1.54) is 30.7 Å². The van der Waals surface area contributed by atoms with Gasteiger partial charge in [-0.2, -0.15) is 9.78 Å². The van der Waals surface area contributed by atoms with Crippen LogP contribution in [-0.2, 0) is 0 Å². The molecule has 0 unspecified atom stereocenters. The Morgan fingerprint density at radius 3 is 2.83 bits per heavy atom. The van der Waals surface area contributed by atoms with E-state index in [1.807, 2.05) is 24.3 Å². The molecule has 2 heterocycles. The molecule has 0 spiro atoms. The van der Waals surface area contributed by atoms with Crippen molar-refractivity contribution in [2.45, 2.75) is 0 Å². The minimum atomic E-state index is -0.342. The summed E-state index contributed by atoms with van der Waals surface area (Å²) in [6, 6.07) is 11.6. The first-order valence-corrected chi connectivity index (χ1v) is 7.18. The van der Waals surface area contributed by atoms with Crippen molar-refractivity contribution in [2.24, 2.45) is 5.10 Å². The van der Waals surface area contributed by atoms with E-state index in [-0.39, 0.29) is 17.1 Å². The van der Waals surface area contributed by atoms with Gasteiger partial charge in [0.15, 0.2) is 0 Å². The Morgan fingerprint density at radius 2 is 2.00 bits per heavy atom. The van der Waals surface area contributed by atoms with E-state index in [2.05, 4.69) is 15.1 Å². The SMILES string of the molecule is O=c1c2[nH]c3ccccc3c2ncn1/N=C\c1ccc(O)cc1O. The first kappa shape index (κ1) is 14.0. The predicted octanol–water partition coefficient (Wildman–Crippen LogP) is 2.17. The number of rotatable bonds is 2. The van der Waals surface area contributed by atoms with Gasteiger partial charge in [0.05, 0.1) is 6.21 Å². The van der Waals surface area contributed by atoms with Gasteiger partial charge in [-0.3, -0.25) is 4.79 Å². The van der Waals surface area contributed by atoms with Crippen molar-refractivity contribution < 1.29 is 10.2 Å². The zero-order valence-electron chi connectivity index (χ0n) is 12.3. The summed E-state index contributed by atoms with van der Waals surface area (Å²) in [5.41, 5.74) is 1.82. The normalized spacial score (nSPS) is 11.7. The molecule has 2 aromatic carbocycles. The van der Waals surface area contributed by atoms with Gasteiger partial charge < -0.3 is 15.2 Å². The number of H-pyrrole nitrogens is 1. The molecule has 3 N–H and O–H groups in total. The number of nitrogens with zero attached hydrogens (tertiary/aromatic N) is 3. The van der Waals surface area contributed by atoms with Gasteiger partial charge in [-0.1, -0.05) is 18.2 Å². The standard InChI is InChI=1S/C17H12N4O3/c22-11-6-5-10(14(23)7-11)8-19-21-9-18-15-12-3-1-2-4-13(12)20-16(15)17(21)24/h1-9,20,22-23H/b19-8-. The van der Waals surface area contributed by atoms with Crippen LogP contribution in [0.3, 0.4) is 0 Å². The van der Waals surface area contributed by atoms with Crippen LogP contribution >= 0.6 is 0 Å². The number of para-hydroxylation sites is 1. The molecule has 118 valence electrons. The molecule has 4 aromatic rings. The fourth-order valence-electron chi connectivity index (χ4n) is 2.54. The number of aromatic hydroxyl groups is 2. The first-order chi connectivity index (χ1) is 11.6. The molecule has 0 aliphatic carbocycles. The molecule has 24 heavy (non-hydrogen) atoms. The summed E-state index contributed by atoms with van der Waals surface area (Å²) in [7, 11) is 0. The van der Waals surface area contributed by atoms with Gasteiger partial charge in [-0.25, -0.2) is 4.98 Å². The number of hydrogen-bond acceptors (Lipinski definition) is 5. The van der Waals surface area contributed by atoms with Crippen LogP contribution in [-0.4, -0.2) is 31.1 Å². The van der Waals surface area contributed by atoms with Crippen molar-refractivity contribution in [3.05, 3.63) is 64.7 Å². The Kier molecular flexibility index (Phi) is 3.06. The maximum absolute atomic E-state index is 12.5. The highest BCUT2D eigenvalue weighted by Crippen LogP contribution is 2.22. The van der Waals surface area contributed by atoms with Gasteiger partial charge in [-0.15, -0.1) is 0 Å². The molecule has 7 heteroatoms. The van der Waals surface area contributed by atoms with Crippen molar-refractivity contribution in [1.82, 2.24) is 14.6 Å². The van der Waals surface area contributed by atoms with E-state index in [0.717, 1.165) is 15.6 Å². The van der Waals surface area contributed by atoms with Crippen molar-refractivity contribution in [1.29, 1.82) is 0 Å². The van der Waals surface area contributed by atoms with Crippen LogP contribution in [0.5, 0.6) is 11.5 Å². The molecule has 0 aliphatic rings. The lowest BCUT2D eigenvalue weighted by atomic mass is 10.2. The fraction of sp³-hybridized carbons (Fsp3) is 0. The third-order valence-electron chi connectivity index (χ3n) is 3.73. The second kappa shape index (κ2) is 5.24. The average molecular weight is 320 g/mol. The van der Waals surface area contributed by atoms with Gasteiger partial charge in [0.2, 0.25) is 0 Å². The molecule has 0 saturated heterocycles. The molecule has 0 fully saturated rings. The van der Waals surface area contributed by atoms with Crippen LogP contribution < -0.4 is 5.56 Å². The molecule has 0 amide bonds. The smallest absolute Gasteiger partial charge is 0.298 e. The minimum absolute atomic E-state index is 0.0528. The van der Waals surface area contributed by atoms with Gasteiger partial charge in [0.1, 0.15) is 28.9 Å². The van der Waals surface area contributed by atoms with Crippen LogP contribution in [0.2, 0.25) is 0 Å². The average Bonchev–Trinajstić information content (AvgIpc) is 2.95. The van der Waals surface area contributed by atoms with Crippen molar-refractivity contribution in [3.63, 3.8) is 0 Å². The summed E-state index contributed by atoms with van der Waals surface area (Å²) in [5.74, 6) is -0.186. The third-order valence-corrected chi connectivity index (χ3v) is 3.73. The highest BCUT2D eigenvalue weighted by molar-refractivity contribution is 6.04. The topological polar surface area (TPSA) is 104 Å². The summed E-state index contributed by atoms with van der Waals surface area (Å²) < 4.78 is 1.09. The Morgan fingerprint density at radius 1 is 1.17 bits per heavy atom. The van der Waals surface area contributed by atoms with Crippen LogP contribution in [0.4, 0.5) is 0 Å². The molecule has 0 aliphatic heterocycles. The number of aromatic nitrogens is 3. The monoisotopic (exact) mass is 320 g/mol. The lowest BCUT2D eigenvalue weighted by molar-refractivity contribution is 0.450. The number of phenolic OH excluding ortho intramolecular Hbond substituents is 2. The molecule has 0 atom stereocenters. The number of aromatic amines is 1. The molecule has 4 rings (SSSR count). The second-order valence-corrected chi connectivity index (χ2v) is 5.28.